The smallest absolute Gasteiger partial charge is 0.475 e. The molecule has 39 heavy (non-hydrogen) atoms. The summed E-state index contributed by atoms with van der Waals surface area (Å²) in [7, 11) is 0. The van der Waals surface area contributed by atoms with E-state index < -0.39 is 24.3 Å². The summed E-state index contributed by atoms with van der Waals surface area (Å²) in [6.45, 7) is 3.33. The normalized spacial score (nSPS) is 13.4. The van der Waals surface area contributed by atoms with Crippen LogP contribution in [0, 0.1) is 0 Å². The summed E-state index contributed by atoms with van der Waals surface area (Å²) in [5, 5.41) is 17.2. The molecule has 1 aliphatic heterocycles. The van der Waals surface area contributed by atoms with Crippen LogP contribution >= 0.6 is 0 Å². The SMILES string of the molecule is O=C(NCc1ccncc1)c1nc(N2CCOCC2)n2ccccc12.O=C(O)C(F)(F)F.O=C(O)C(F)(F)F. The highest BCUT2D eigenvalue weighted by Crippen LogP contribution is 2.21. The molecule has 11 nitrogen and oxygen atoms in total. The molecule has 212 valence electrons. The molecule has 0 aromatic carbocycles. The molecule has 1 fully saturated rings. The lowest BCUT2D eigenvalue weighted by atomic mass is 10.2. The second kappa shape index (κ2) is 13.4. The van der Waals surface area contributed by atoms with Crippen LogP contribution in [0.1, 0.15) is 16.1 Å². The summed E-state index contributed by atoms with van der Waals surface area (Å²) in [6, 6.07) is 9.53. The Hall–Kier alpha value is -4.41. The van der Waals surface area contributed by atoms with E-state index in [2.05, 4.69) is 20.2 Å². The number of rotatable bonds is 4. The van der Waals surface area contributed by atoms with E-state index in [0.29, 0.717) is 25.5 Å². The largest absolute Gasteiger partial charge is 0.490 e. The van der Waals surface area contributed by atoms with E-state index in [9.17, 15) is 31.1 Å². The zero-order valence-corrected chi connectivity index (χ0v) is 19.7. The number of carboxylic acids is 2. The monoisotopic (exact) mass is 565 g/mol. The van der Waals surface area contributed by atoms with Gasteiger partial charge in [0.05, 0.1) is 18.7 Å². The summed E-state index contributed by atoms with van der Waals surface area (Å²) in [4.78, 5) is 41.2. The molecule has 4 heterocycles. The Kier molecular flexibility index (Phi) is 10.6. The molecule has 0 atom stereocenters. The van der Waals surface area contributed by atoms with Crippen LogP contribution in [0.25, 0.3) is 5.52 Å². The molecule has 17 heteroatoms. The fourth-order valence-corrected chi connectivity index (χ4v) is 2.94. The number of pyridine rings is 2. The highest BCUT2D eigenvalue weighted by atomic mass is 19.4. The van der Waals surface area contributed by atoms with E-state index in [1.807, 2.05) is 40.9 Å². The lowest BCUT2D eigenvalue weighted by molar-refractivity contribution is -0.193. The average molecular weight is 565 g/mol. The van der Waals surface area contributed by atoms with E-state index in [0.717, 1.165) is 30.1 Å². The summed E-state index contributed by atoms with van der Waals surface area (Å²) < 4.78 is 70.8. The van der Waals surface area contributed by atoms with Gasteiger partial charge in [0.2, 0.25) is 5.95 Å². The maximum atomic E-state index is 12.7. The molecular formula is C22H21F6N5O6. The Bertz CT molecular complexity index is 1240. The second-order valence-electron chi connectivity index (χ2n) is 7.46. The van der Waals surface area contributed by atoms with Crippen molar-refractivity contribution in [1.82, 2.24) is 19.7 Å². The van der Waals surface area contributed by atoms with Gasteiger partial charge in [-0.3, -0.25) is 14.2 Å². The van der Waals surface area contributed by atoms with E-state index in [-0.39, 0.29) is 5.91 Å². The summed E-state index contributed by atoms with van der Waals surface area (Å²) >= 11 is 0. The third-order valence-electron chi connectivity index (χ3n) is 4.73. The number of carbonyl (C=O) groups excluding carboxylic acids is 1. The number of imidazole rings is 1. The lowest BCUT2D eigenvalue weighted by Gasteiger charge is -2.27. The predicted molar refractivity (Wildman–Crippen MR) is 121 cm³/mol. The number of aromatic nitrogens is 3. The number of halogens is 6. The number of amides is 1. The van der Waals surface area contributed by atoms with Crippen molar-refractivity contribution in [1.29, 1.82) is 0 Å². The molecule has 1 amide bonds. The van der Waals surface area contributed by atoms with Crippen LogP contribution in [0.4, 0.5) is 32.3 Å². The number of ether oxygens (including phenoxy) is 1. The van der Waals surface area contributed by atoms with Gasteiger partial charge in [0.15, 0.2) is 5.69 Å². The molecule has 0 aliphatic carbocycles. The zero-order valence-electron chi connectivity index (χ0n) is 19.7. The highest BCUT2D eigenvalue weighted by molar-refractivity contribution is 5.99. The van der Waals surface area contributed by atoms with Crippen molar-refractivity contribution in [3.05, 3.63) is 60.2 Å². The molecule has 0 unspecified atom stereocenters. The van der Waals surface area contributed by atoms with Gasteiger partial charge >= 0.3 is 24.3 Å². The Morgan fingerprint density at radius 1 is 0.923 bits per heavy atom. The van der Waals surface area contributed by atoms with Crippen molar-refractivity contribution in [3.8, 4) is 0 Å². The van der Waals surface area contributed by atoms with Gasteiger partial charge in [-0.1, -0.05) is 6.07 Å². The standard InChI is InChI=1S/C18H19N5O2.2C2HF3O2/c24-17(20-13-14-4-6-19-7-5-14)16-15-3-1-2-8-23(15)18(21-16)22-9-11-25-12-10-22;2*3-2(4,5)1(6)7/h1-8H,9-13H2,(H,20,24);2*(H,6,7). The van der Waals surface area contributed by atoms with Gasteiger partial charge < -0.3 is 25.2 Å². The molecular weight excluding hydrogens is 544 g/mol. The number of carbonyl (C=O) groups is 3. The number of hydrogen-bond donors (Lipinski definition) is 3. The van der Waals surface area contributed by atoms with E-state index in [4.69, 9.17) is 24.5 Å². The first-order valence-corrected chi connectivity index (χ1v) is 10.8. The summed E-state index contributed by atoms with van der Waals surface area (Å²) in [6.07, 6.45) is -4.80. The van der Waals surface area contributed by atoms with Gasteiger partial charge in [-0.05, 0) is 29.8 Å². The fourth-order valence-electron chi connectivity index (χ4n) is 2.94. The van der Waals surface area contributed by atoms with E-state index >= 15 is 0 Å². The van der Waals surface area contributed by atoms with Crippen LogP contribution in [0.3, 0.4) is 0 Å². The number of carboxylic acid groups (broad SMARTS) is 2. The highest BCUT2D eigenvalue weighted by Gasteiger charge is 2.38. The number of morpholine rings is 1. The van der Waals surface area contributed by atoms with Gasteiger partial charge in [-0.25, -0.2) is 14.6 Å². The number of fused-ring (bicyclic) bond motifs is 1. The fraction of sp³-hybridized carbons (Fsp3) is 0.318. The number of aliphatic carboxylic acids is 2. The Balaban J connectivity index is 0.000000317. The average Bonchev–Trinajstić information content (AvgIpc) is 3.28. The van der Waals surface area contributed by atoms with Crippen molar-refractivity contribution in [2.45, 2.75) is 18.9 Å². The Morgan fingerprint density at radius 3 is 1.97 bits per heavy atom. The molecule has 1 saturated heterocycles. The maximum absolute atomic E-state index is 12.7. The molecule has 0 radical (unpaired) electrons. The molecule has 3 N–H and O–H groups in total. The third-order valence-corrected chi connectivity index (χ3v) is 4.73. The number of hydrogen-bond acceptors (Lipinski definition) is 7. The van der Waals surface area contributed by atoms with Gasteiger partial charge in [-0.2, -0.15) is 26.3 Å². The van der Waals surface area contributed by atoms with Crippen LogP contribution in [0.15, 0.2) is 48.9 Å². The second-order valence-corrected chi connectivity index (χ2v) is 7.46. The molecule has 0 saturated carbocycles. The molecule has 3 aromatic heterocycles. The Labute approximate surface area is 215 Å². The first-order chi connectivity index (χ1) is 18.2. The zero-order chi connectivity index (χ0) is 29.2. The van der Waals surface area contributed by atoms with Crippen molar-refractivity contribution in [2.75, 3.05) is 31.2 Å². The quantitative estimate of drug-likeness (QED) is 0.407. The molecule has 3 aromatic rings. The van der Waals surface area contributed by atoms with Crippen LogP contribution < -0.4 is 10.2 Å². The van der Waals surface area contributed by atoms with Crippen LogP contribution in [0.5, 0.6) is 0 Å². The van der Waals surface area contributed by atoms with Gasteiger partial charge in [-0.15, -0.1) is 0 Å². The molecule has 4 rings (SSSR count). The van der Waals surface area contributed by atoms with Crippen molar-refractivity contribution >= 4 is 29.3 Å². The lowest BCUT2D eigenvalue weighted by Crippen LogP contribution is -2.37. The minimum absolute atomic E-state index is 0.181. The van der Waals surface area contributed by atoms with E-state index in [1.54, 1.807) is 12.4 Å². The summed E-state index contributed by atoms with van der Waals surface area (Å²) in [5.41, 5.74) is 2.24. The molecule has 1 aliphatic rings. The first kappa shape index (κ1) is 30.8. The Morgan fingerprint density at radius 2 is 1.46 bits per heavy atom. The van der Waals surface area contributed by atoms with Crippen molar-refractivity contribution < 1.29 is 55.7 Å². The van der Waals surface area contributed by atoms with Crippen molar-refractivity contribution in [2.24, 2.45) is 0 Å². The van der Waals surface area contributed by atoms with E-state index in [1.165, 1.54) is 0 Å². The number of nitrogens with one attached hydrogen (secondary N) is 1. The van der Waals surface area contributed by atoms with Crippen LogP contribution in [0.2, 0.25) is 0 Å². The molecule has 0 spiro atoms. The third kappa shape index (κ3) is 9.44. The number of anilines is 1. The summed E-state index contributed by atoms with van der Waals surface area (Å²) in [5.74, 6) is -4.91. The maximum Gasteiger partial charge on any atom is 0.490 e. The minimum atomic E-state index is -5.08. The number of nitrogens with zero attached hydrogens (tertiary/aromatic N) is 4. The minimum Gasteiger partial charge on any atom is -0.475 e. The van der Waals surface area contributed by atoms with Gasteiger partial charge in [0.25, 0.3) is 5.91 Å². The number of alkyl halides is 6. The van der Waals surface area contributed by atoms with Crippen LogP contribution in [-0.4, -0.2) is 81.1 Å². The van der Waals surface area contributed by atoms with Crippen molar-refractivity contribution in [3.63, 3.8) is 0 Å². The van der Waals surface area contributed by atoms with Gasteiger partial charge in [0.1, 0.15) is 0 Å². The van der Waals surface area contributed by atoms with Gasteiger partial charge in [0, 0.05) is 38.2 Å². The molecule has 0 bridgehead atoms. The van der Waals surface area contributed by atoms with Crippen LogP contribution in [-0.2, 0) is 20.9 Å². The topological polar surface area (TPSA) is 146 Å². The predicted octanol–water partition coefficient (Wildman–Crippen LogP) is 2.76. The first-order valence-electron chi connectivity index (χ1n) is 10.8.